The number of nitrogens with zero attached hydrogens (tertiary/aromatic N) is 1. The number of para-hydroxylation sites is 3. The van der Waals surface area contributed by atoms with Gasteiger partial charge in [0.15, 0.2) is 0 Å². The summed E-state index contributed by atoms with van der Waals surface area (Å²) in [5, 5.41) is 2.52. The summed E-state index contributed by atoms with van der Waals surface area (Å²) in [4.78, 5) is 0. The summed E-state index contributed by atoms with van der Waals surface area (Å²) in [6, 6.07) is 29.8. The predicted molar refractivity (Wildman–Crippen MR) is 93.2 cm³/mol. The number of halogens is 4. The summed E-state index contributed by atoms with van der Waals surface area (Å²) in [6.07, 6.45) is 0. The molecular weight excluding hydrogens is 329 g/mol. The molecule has 0 saturated heterocycles. The Balaban J connectivity index is 0.000000324. The Labute approximate surface area is 142 Å². The van der Waals surface area contributed by atoms with Crippen LogP contribution in [0.25, 0.3) is 27.5 Å². The first-order valence-electron chi connectivity index (χ1n) is 7.69. The number of benzene rings is 3. The second-order valence-corrected chi connectivity index (χ2v) is 5.43. The minimum absolute atomic E-state index is 1.19. The molecule has 0 bridgehead atoms. The Bertz CT molecular complexity index is 940. The van der Waals surface area contributed by atoms with Gasteiger partial charge >= 0.3 is 7.25 Å². The maximum Gasteiger partial charge on any atom is 0.673 e. The number of hydrogen-bond donors (Lipinski definition) is 0. The van der Waals surface area contributed by atoms with E-state index in [0.29, 0.717) is 0 Å². The van der Waals surface area contributed by atoms with Gasteiger partial charge in [-0.05, 0) is 18.2 Å². The second kappa shape index (κ2) is 6.93. The maximum atomic E-state index is 9.75. The second-order valence-electron chi connectivity index (χ2n) is 5.43. The molecule has 0 fully saturated rings. The van der Waals surface area contributed by atoms with Crippen LogP contribution in [0.1, 0.15) is 0 Å². The van der Waals surface area contributed by atoms with Crippen LogP contribution in [0.5, 0.6) is 0 Å². The van der Waals surface area contributed by atoms with Crippen molar-refractivity contribution in [2.75, 3.05) is 0 Å². The van der Waals surface area contributed by atoms with E-state index in [9.17, 15) is 17.3 Å². The fraction of sp³-hybridized carbons (Fsp3) is 0. The van der Waals surface area contributed by atoms with Crippen LogP contribution in [0.4, 0.5) is 17.3 Å². The molecule has 1 heterocycles. The first-order valence-corrected chi connectivity index (χ1v) is 7.69. The summed E-state index contributed by atoms with van der Waals surface area (Å²) in [6.45, 7) is 0. The van der Waals surface area contributed by atoms with E-state index in [2.05, 4.69) is 89.5 Å². The van der Waals surface area contributed by atoms with Crippen molar-refractivity contribution in [1.82, 2.24) is 0 Å². The molecule has 0 radical (unpaired) electrons. The average Bonchev–Trinajstić information content (AvgIpc) is 2.59. The van der Waals surface area contributed by atoms with Gasteiger partial charge in [-0.25, -0.2) is 0 Å². The lowest BCUT2D eigenvalue weighted by molar-refractivity contribution is -0.538. The lowest BCUT2D eigenvalue weighted by atomic mass is 10.1. The molecule has 0 aliphatic heterocycles. The number of fused-ring (bicyclic) bond motifs is 2. The highest BCUT2D eigenvalue weighted by Crippen LogP contribution is 2.19. The van der Waals surface area contributed by atoms with Crippen molar-refractivity contribution in [2.45, 2.75) is 0 Å². The molecule has 1 nitrogen and oxygen atoms in total. The minimum Gasteiger partial charge on any atom is -0.418 e. The zero-order valence-corrected chi connectivity index (χ0v) is 13.1. The molecule has 0 saturated carbocycles. The SMILES string of the molecule is F[B-](F)(F)F.c1ccc(-[n+]2c3ccccc3cc3ccccc32)cc1. The van der Waals surface area contributed by atoms with Crippen LogP contribution in [0, 0.1) is 0 Å². The van der Waals surface area contributed by atoms with Gasteiger partial charge in [-0.15, -0.1) is 0 Å². The molecular formula is C19H14BF4N. The van der Waals surface area contributed by atoms with E-state index >= 15 is 0 Å². The average molecular weight is 343 g/mol. The molecule has 25 heavy (non-hydrogen) atoms. The van der Waals surface area contributed by atoms with Gasteiger partial charge < -0.3 is 17.3 Å². The summed E-state index contributed by atoms with van der Waals surface area (Å²) in [5.41, 5.74) is 3.66. The molecule has 4 aromatic rings. The van der Waals surface area contributed by atoms with Crippen LogP contribution in [0.15, 0.2) is 84.9 Å². The van der Waals surface area contributed by atoms with Crippen molar-refractivity contribution in [3.05, 3.63) is 84.9 Å². The molecule has 6 heteroatoms. The van der Waals surface area contributed by atoms with Gasteiger partial charge in [-0.2, -0.15) is 4.57 Å². The smallest absolute Gasteiger partial charge is 0.418 e. The quantitative estimate of drug-likeness (QED) is 0.184. The van der Waals surface area contributed by atoms with E-state index in [4.69, 9.17) is 0 Å². The molecule has 0 unspecified atom stereocenters. The van der Waals surface area contributed by atoms with E-state index in [-0.39, 0.29) is 0 Å². The summed E-state index contributed by atoms with van der Waals surface area (Å²) in [5.74, 6) is 0. The highest BCUT2D eigenvalue weighted by Gasteiger charge is 2.20. The van der Waals surface area contributed by atoms with Gasteiger partial charge in [0.1, 0.15) is 0 Å². The third-order valence-electron chi connectivity index (χ3n) is 3.68. The molecule has 126 valence electrons. The van der Waals surface area contributed by atoms with Crippen LogP contribution in [0.3, 0.4) is 0 Å². The molecule has 0 spiro atoms. The van der Waals surface area contributed by atoms with Gasteiger partial charge in [0.05, 0.1) is 0 Å². The Hall–Kier alpha value is -2.89. The zero-order valence-electron chi connectivity index (χ0n) is 13.1. The van der Waals surface area contributed by atoms with Gasteiger partial charge in [0.2, 0.25) is 16.7 Å². The highest BCUT2D eigenvalue weighted by atomic mass is 19.5. The molecule has 0 atom stereocenters. The molecule has 0 aliphatic carbocycles. The van der Waals surface area contributed by atoms with Crippen LogP contribution in [-0.2, 0) is 0 Å². The van der Waals surface area contributed by atoms with E-state index < -0.39 is 7.25 Å². The Morgan fingerprint density at radius 3 is 1.44 bits per heavy atom. The molecule has 1 aromatic heterocycles. The summed E-state index contributed by atoms with van der Waals surface area (Å²) < 4.78 is 41.3. The lowest BCUT2D eigenvalue weighted by Gasteiger charge is -2.05. The third-order valence-corrected chi connectivity index (χ3v) is 3.68. The van der Waals surface area contributed by atoms with E-state index in [1.165, 1.54) is 27.5 Å². The zero-order chi connectivity index (χ0) is 17.9. The fourth-order valence-corrected chi connectivity index (χ4v) is 2.78. The standard InChI is InChI=1S/C19H14N.BF4/c1-2-10-17(11-3-1)20-18-12-6-4-8-15(18)14-16-9-5-7-13-19(16)20;2-1(3,4)5/h1-14H;/q+1;-1. The van der Waals surface area contributed by atoms with Crippen molar-refractivity contribution >= 4 is 29.1 Å². The van der Waals surface area contributed by atoms with Crippen molar-refractivity contribution in [3.8, 4) is 5.69 Å². The van der Waals surface area contributed by atoms with Crippen molar-refractivity contribution < 1.29 is 21.8 Å². The van der Waals surface area contributed by atoms with Crippen molar-refractivity contribution in [3.63, 3.8) is 0 Å². The maximum absolute atomic E-state index is 9.75. The molecule has 4 rings (SSSR count). The third kappa shape index (κ3) is 4.15. The minimum atomic E-state index is -6.00. The van der Waals surface area contributed by atoms with Crippen molar-refractivity contribution in [1.29, 1.82) is 0 Å². The van der Waals surface area contributed by atoms with Gasteiger partial charge in [0, 0.05) is 35.0 Å². The Morgan fingerprint density at radius 1 is 0.560 bits per heavy atom. The number of rotatable bonds is 1. The fourth-order valence-electron chi connectivity index (χ4n) is 2.78. The van der Waals surface area contributed by atoms with Gasteiger partial charge in [-0.1, -0.05) is 42.5 Å². The lowest BCUT2D eigenvalue weighted by Crippen LogP contribution is -2.32. The van der Waals surface area contributed by atoms with Crippen LogP contribution < -0.4 is 4.57 Å². The largest absolute Gasteiger partial charge is 0.673 e. The summed E-state index contributed by atoms with van der Waals surface area (Å²) >= 11 is 0. The van der Waals surface area contributed by atoms with Crippen LogP contribution in [-0.4, -0.2) is 7.25 Å². The Morgan fingerprint density at radius 2 is 0.960 bits per heavy atom. The number of aromatic nitrogens is 1. The predicted octanol–water partition coefficient (Wildman–Crippen LogP) is 5.57. The topological polar surface area (TPSA) is 3.88 Å². The normalized spacial score (nSPS) is 11.2. The van der Waals surface area contributed by atoms with E-state index in [1.54, 1.807) is 0 Å². The first kappa shape index (κ1) is 17.0. The summed E-state index contributed by atoms with van der Waals surface area (Å²) in [7, 11) is -6.00. The Kier molecular flexibility index (Phi) is 4.70. The first-order chi connectivity index (χ1) is 11.9. The molecule has 0 amide bonds. The van der Waals surface area contributed by atoms with Crippen LogP contribution >= 0.6 is 0 Å². The molecule has 3 aromatic carbocycles. The van der Waals surface area contributed by atoms with Crippen molar-refractivity contribution in [2.24, 2.45) is 0 Å². The number of hydrogen-bond acceptors (Lipinski definition) is 0. The van der Waals surface area contributed by atoms with Gasteiger partial charge in [0.25, 0.3) is 0 Å². The molecule has 0 N–H and O–H groups in total. The number of pyridine rings is 1. The van der Waals surface area contributed by atoms with E-state index in [0.717, 1.165) is 0 Å². The molecule has 0 aliphatic rings. The van der Waals surface area contributed by atoms with E-state index in [1.807, 2.05) is 0 Å². The van der Waals surface area contributed by atoms with Crippen LogP contribution in [0.2, 0.25) is 0 Å². The highest BCUT2D eigenvalue weighted by molar-refractivity contribution is 6.50. The van der Waals surface area contributed by atoms with Gasteiger partial charge in [-0.3, -0.25) is 0 Å². The monoisotopic (exact) mass is 343 g/mol.